The number of carbonyl (C=O) groups is 2. The topological polar surface area (TPSA) is 108 Å². The van der Waals surface area contributed by atoms with E-state index in [9.17, 15) is 14.7 Å². The molecule has 2 amide bonds. The Labute approximate surface area is 214 Å². The highest BCUT2D eigenvalue weighted by Crippen LogP contribution is 2.39. The van der Waals surface area contributed by atoms with Gasteiger partial charge in [-0.25, -0.2) is 0 Å². The van der Waals surface area contributed by atoms with Gasteiger partial charge in [0, 0.05) is 31.2 Å². The molecule has 194 valence electrons. The van der Waals surface area contributed by atoms with Gasteiger partial charge in [-0.05, 0) is 77.6 Å². The fourth-order valence-electron chi connectivity index (χ4n) is 5.61. The lowest BCUT2D eigenvalue weighted by molar-refractivity contribution is -0.124. The van der Waals surface area contributed by atoms with Crippen LogP contribution < -0.4 is 16.4 Å². The summed E-state index contributed by atoms with van der Waals surface area (Å²) in [5, 5.41) is 16.4. The molecule has 0 bridgehead atoms. The van der Waals surface area contributed by atoms with Crippen LogP contribution in [0.1, 0.15) is 61.2 Å². The van der Waals surface area contributed by atoms with Crippen LogP contribution >= 0.6 is 0 Å². The van der Waals surface area contributed by atoms with Gasteiger partial charge < -0.3 is 26.4 Å². The van der Waals surface area contributed by atoms with Crippen LogP contribution in [0.2, 0.25) is 0 Å². The Hall–Kier alpha value is -2.90. The van der Waals surface area contributed by atoms with Crippen LogP contribution in [0.25, 0.3) is 0 Å². The van der Waals surface area contributed by atoms with Crippen molar-refractivity contribution in [2.75, 3.05) is 19.6 Å². The Kier molecular flexibility index (Phi) is 7.71. The molecule has 0 radical (unpaired) electrons. The summed E-state index contributed by atoms with van der Waals surface area (Å²) < 4.78 is 0. The van der Waals surface area contributed by atoms with Gasteiger partial charge in [0.1, 0.15) is 5.75 Å². The van der Waals surface area contributed by atoms with Gasteiger partial charge in [0.05, 0.1) is 6.04 Å². The molecule has 5 N–H and O–H groups in total. The molecule has 7 nitrogen and oxygen atoms in total. The number of nitrogens with zero attached hydrogens (tertiary/aromatic N) is 1. The van der Waals surface area contributed by atoms with E-state index in [0.717, 1.165) is 42.7 Å². The summed E-state index contributed by atoms with van der Waals surface area (Å²) in [6.07, 6.45) is 1.60. The molecular weight excluding hydrogens is 452 g/mol. The summed E-state index contributed by atoms with van der Waals surface area (Å²) in [6.45, 7) is 12.1. The number of phenolic OH excluding ortho intramolecular Hbond substituents is 1. The van der Waals surface area contributed by atoms with Gasteiger partial charge in [-0.1, -0.05) is 45.9 Å². The zero-order valence-corrected chi connectivity index (χ0v) is 21.9. The van der Waals surface area contributed by atoms with Crippen molar-refractivity contribution in [2.45, 2.75) is 64.6 Å². The van der Waals surface area contributed by atoms with Crippen LogP contribution in [0, 0.1) is 11.8 Å². The average Bonchev–Trinajstić information content (AvgIpc) is 2.85. The van der Waals surface area contributed by atoms with Crippen LogP contribution in [0.3, 0.4) is 0 Å². The van der Waals surface area contributed by atoms with Crippen LogP contribution in [0.5, 0.6) is 5.75 Å². The number of nitrogens with one attached hydrogen (secondary N) is 2. The second-order valence-electron chi connectivity index (χ2n) is 11.2. The largest absolute Gasteiger partial charge is 0.508 e. The minimum Gasteiger partial charge on any atom is -0.508 e. The molecule has 0 spiro atoms. The molecule has 4 rings (SSSR count). The highest BCUT2D eigenvalue weighted by Gasteiger charge is 2.39. The van der Waals surface area contributed by atoms with Crippen molar-refractivity contribution in [3.05, 3.63) is 64.7 Å². The highest BCUT2D eigenvalue weighted by atomic mass is 16.3. The third kappa shape index (κ3) is 5.57. The van der Waals surface area contributed by atoms with E-state index in [1.807, 2.05) is 18.2 Å². The van der Waals surface area contributed by atoms with E-state index in [-0.39, 0.29) is 29.2 Å². The molecular formula is C29H40N4O3. The standard InChI is InChI=1S/C29H40N4O3/c1-18(2)26(32-28(36)25-14-20-8-9-24(34)13-22(20)15-31-25)17-33-11-10-29(4,19(3)16-33)23-7-5-6-21(12-23)27(30)35/h5-9,12-13,18-19,25-26,31,34H,10-11,14-17H2,1-4H3,(H2,30,35)(H,32,36)/t19-,25+,26+,29+/m0/s1. The van der Waals surface area contributed by atoms with Crippen molar-refractivity contribution in [2.24, 2.45) is 17.6 Å². The number of fused-ring (bicyclic) bond motifs is 1. The number of piperidine rings is 1. The number of primary amides is 1. The Morgan fingerprint density at radius 1 is 1.22 bits per heavy atom. The van der Waals surface area contributed by atoms with Crippen LogP contribution in [0.15, 0.2) is 42.5 Å². The SMILES string of the molecule is CC(C)[C@@H](CN1CC[C@@](C)(c2cccc(C(N)=O)c2)[C@@H](C)C1)NC(=O)[C@H]1Cc2ccc(O)cc2CN1. The van der Waals surface area contributed by atoms with Gasteiger partial charge in [0.15, 0.2) is 0 Å². The highest BCUT2D eigenvalue weighted by molar-refractivity contribution is 5.93. The third-order valence-corrected chi connectivity index (χ3v) is 8.43. The minimum atomic E-state index is -0.393. The van der Waals surface area contributed by atoms with Crippen molar-refractivity contribution < 1.29 is 14.7 Å². The normalized spacial score (nSPS) is 25.2. The van der Waals surface area contributed by atoms with Crippen molar-refractivity contribution in [3.8, 4) is 5.75 Å². The second-order valence-corrected chi connectivity index (χ2v) is 11.2. The molecule has 7 heteroatoms. The molecule has 2 aliphatic rings. The van der Waals surface area contributed by atoms with E-state index in [1.165, 1.54) is 0 Å². The number of amides is 2. The van der Waals surface area contributed by atoms with Gasteiger partial charge >= 0.3 is 0 Å². The first-order chi connectivity index (χ1) is 17.1. The quantitative estimate of drug-likeness (QED) is 0.475. The third-order valence-electron chi connectivity index (χ3n) is 8.43. The van der Waals surface area contributed by atoms with E-state index < -0.39 is 5.91 Å². The first-order valence-corrected chi connectivity index (χ1v) is 13.0. The molecule has 0 aromatic heterocycles. The molecule has 4 atom stereocenters. The van der Waals surface area contributed by atoms with Crippen LogP contribution in [-0.4, -0.2) is 53.5 Å². The molecule has 2 aliphatic heterocycles. The number of benzene rings is 2. The molecule has 36 heavy (non-hydrogen) atoms. The van der Waals surface area contributed by atoms with Gasteiger partial charge in [0.2, 0.25) is 11.8 Å². The van der Waals surface area contributed by atoms with Crippen LogP contribution in [-0.2, 0) is 23.2 Å². The van der Waals surface area contributed by atoms with Crippen molar-refractivity contribution in [1.82, 2.24) is 15.5 Å². The summed E-state index contributed by atoms with van der Waals surface area (Å²) in [6, 6.07) is 12.9. The molecule has 2 heterocycles. The first-order valence-electron chi connectivity index (χ1n) is 13.0. The fourth-order valence-corrected chi connectivity index (χ4v) is 5.61. The number of nitrogens with two attached hydrogens (primary N) is 1. The summed E-state index contributed by atoms with van der Waals surface area (Å²) in [4.78, 5) is 27.4. The lowest BCUT2D eigenvalue weighted by Gasteiger charge is -2.46. The Morgan fingerprint density at radius 2 is 2.00 bits per heavy atom. The van der Waals surface area contributed by atoms with E-state index in [4.69, 9.17) is 5.73 Å². The molecule has 0 saturated carbocycles. The summed E-state index contributed by atoms with van der Waals surface area (Å²) >= 11 is 0. The first kappa shape index (κ1) is 26.2. The fraction of sp³-hybridized carbons (Fsp3) is 0.517. The van der Waals surface area contributed by atoms with Gasteiger partial charge in [-0.3, -0.25) is 9.59 Å². The number of hydrogen-bond acceptors (Lipinski definition) is 5. The monoisotopic (exact) mass is 492 g/mol. The molecule has 2 aromatic carbocycles. The predicted molar refractivity (Wildman–Crippen MR) is 142 cm³/mol. The molecule has 0 aliphatic carbocycles. The minimum absolute atomic E-state index is 0.0330. The lowest BCUT2D eigenvalue weighted by Crippen LogP contribution is -2.56. The number of rotatable bonds is 7. The maximum Gasteiger partial charge on any atom is 0.248 e. The Morgan fingerprint density at radius 3 is 2.69 bits per heavy atom. The maximum absolute atomic E-state index is 13.2. The Balaban J connectivity index is 1.37. The van der Waals surface area contributed by atoms with E-state index in [0.29, 0.717) is 30.4 Å². The second kappa shape index (κ2) is 10.6. The number of phenols is 1. The van der Waals surface area contributed by atoms with Crippen LogP contribution in [0.4, 0.5) is 0 Å². The zero-order chi connectivity index (χ0) is 26.0. The van der Waals surface area contributed by atoms with E-state index >= 15 is 0 Å². The van der Waals surface area contributed by atoms with Crippen molar-refractivity contribution in [1.29, 1.82) is 0 Å². The predicted octanol–water partition coefficient (Wildman–Crippen LogP) is 2.95. The van der Waals surface area contributed by atoms with E-state index in [2.05, 4.69) is 49.3 Å². The number of aromatic hydroxyl groups is 1. The molecule has 1 fully saturated rings. The summed E-state index contributed by atoms with van der Waals surface area (Å²) in [5.41, 5.74) is 9.36. The zero-order valence-electron chi connectivity index (χ0n) is 21.9. The number of likely N-dealkylation sites (tertiary alicyclic amines) is 1. The maximum atomic E-state index is 13.2. The van der Waals surface area contributed by atoms with Gasteiger partial charge in [0.25, 0.3) is 0 Å². The molecule has 0 unspecified atom stereocenters. The Bertz CT molecular complexity index is 1120. The van der Waals surface area contributed by atoms with E-state index in [1.54, 1.807) is 18.2 Å². The van der Waals surface area contributed by atoms with Gasteiger partial charge in [-0.15, -0.1) is 0 Å². The summed E-state index contributed by atoms with van der Waals surface area (Å²) in [7, 11) is 0. The number of hydrogen-bond donors (Lipinski definition) is 4. The average molecular weight is 493 g/mol. The smallest absolute Gasteiger partial charge is 0.248 e. The summed E-state index contributed by atoms with van der Waals surface area (Å²) in [5.74, 6) is 0.579. The number of carbonyl (C=O) groups excluding carboxylic acids is 2. The molecule has 1 saturated heterocycles. The van der Waals surface area contributed by atoms with Crippen molar-refractivity contribution in [3.63, 3.8) is 0 Å². The van der Waals surface area contributed by atoms with Gasteiger partial charge in [-0.2, -0.15) is 0 Å². The molecule has 2 aromatic rings. The van der Waals surface area contributed by atoms with Crippen molar-refractivity contribution >= 4 is 11.8 Å². The lowest BCUT2D eigenvalue weighted by atomic mass is 9.67.